The van der Waals surface area contributed by atoms with E-state index in [0.29, 0.717) is 12.3 Å². The van der Waals surface area contributed by atoms with Crippen molar-refractivity contribution in [2.24, 2.45) is 17.8 Å². The number of pyridine rings is 1. The summed E-state index contributed by atoms with van der Waals surface area (Å²) in [4.78, 5) is 21.0. The number of nitrogens with one attached hydrogen (secondary N) is 1. The summed E-state index contributed by atoms with van der Waals surface area (Å²) in [5.74, 6) is 2.52. The maximum absolute atomic E-state index is 12.4. The lowest BCUT2D eigenvalue weighted by Crippen LogP contribution is -2.40. The van der Waals surface area contributed by atoms with E-state index in [9.17, 15) is 4.79 Å². The van der Waals surface area contributed by atoms with Gasteiger partial charge in [-0.25, -0.2) is 4.98 Å². The number of fused-ring (bicyclic) bond motifs is 2. The zero-order chi connectivity index (χ0) is 16.5. The Kier molecular flexibility index (Phi) is 4.35. The molecule has 1 amide bonds. The first-order valence-corrected chi connectivity index (χ1v) is 9.71. The van der Waals surface area contributed by atoms with Gasteiger partial charge in [-0.05, 0) is 56.1 Å². The second-order valence-corrected chi connectivity index (χ2v) is 8.11. The van der Waals surface area contributed by atoms with Crippen LogP contribution in [0, 0.1) is 17.8 Å². The minimum absolute atomic E-state index is 0.0943. The van der Waals surface area contributed by atoms with Crippen LogP contribution in [0.4, 0.5) is 0 Å². The van der Waals surface area contributed by atoms with Gasteiger partial charge in [0, 0.05) is 29.4 Å². The maximum atomic E-state index is 12.4. The Hall–Kier alpha value is -1.75. The fourth-order valence-corrected chi connectivity index (χ4v) is 5.32. The van der Waals surface area contributed by atoms with Crippen molar-refractivity contribution in [1.29, 1.82) is 0 Å². The SMILES string of the molecule is CC(NC(=O)Cc1csc(-c2ccncc2)n1)C1CC2CCC1C2. The van der Waals surface area contributed by atoms with Crippen LogP contribution in [-0.4, -0.2) is 21.9 Å². The lowest BCUT2D eigenvalue weighted by Gasteiger charge is -2.28. The Bertz CT molecular complexity index is 714. The van der Waals surface area contributed by atoms with Gasteiger partial charge >= 0.3 is 0 Å². The summed E-state index contributed by atoms with van der Waals surface area (Å²) in [5.41, 5.74) is 1.90. The van der Waals surface area contributed by atoms with Gasteiger partial charge in [-0.1, -0.05) is 6.42 Å². The predicted molar refractivity (Wildman–Crippen MR) is 95.6 cm³/mol. The molecule has 4 nitrogen and oxygen atoms in total. The van der Waals surface area contributed by atoms with Crippen molar-refractivity contribution >= 4 is 17.2 Å². The number of thiazole rings is 1. The highest BCUT2D eigenvalue weighted by atomic mass is 32.1. The smallest absolute Gasteiger partial charge is 0.226 e. The van der Waals surface area contributed by atoms with Crippen LogP contribution in [0.15, 0.2) is 29.9 Å². The number of carbonyl (C=O) groups excluding carboxylic acids is 1. The standard InChI is InChI=1S/C19H23N3OS/c1-12(17-9-13-2-3-15(17)8-13)21-18(23)10-16-11-24-19(22-16)14-4-6-20-7-5-14/h4-7,11-13,15,17H,2-3,8-10H2,1H3,(H,21,23). The van der Waals surface area contributed by atoms with E-state index in [1.165, 1.54) is 25.7 Å². The van der Waals surface area contributed by atoms with Crippen LogP contribution < -0.4 is 5.32 Å². The van der Waals surface area contributed by atoms with Gasteiger partial charge in [-0.15, -0.1) is 11.3 Å². The number of carbonyl (C=O) groups is 1. The number of hydrogen-bond donors (Lipinski definition) is 1. The molecule has 2 saturated carbocycles. The molecule has 24 heavy (non-hydrogen) atoms. The number of hydrogen-bond acceptors (Lipinski definition) is 4. The zero-order valence-corrected chi connectivity index (χ0v) is 14.8. The summed E-state index contributed by atoms with van der Waals surface area (Å²) >= 11 is 1.58. The van der Waals surface area contributed by atoms with Crippen molar-refractivity contribution < 1.29 is 4.79 Å². The molecule has 2 aromatic heterocycles. The molecule has 4 rings (SSSR count). The molecule has 0 aromatic carbocycles. The molecule has 2 bridgehead atoms. The van der Waals surface area contributed by atoms with Crippen molar-refractivity contribution in [3.8, 4) is 10.6 Å². The predicted octanol–water partition coefficient (Wildman–Crippen LogP) is 3.69. The third-order valence-electron chi connectivity index (χ3n) is 5.64. The van der Waals surface area contributed by atoms with Gasteiger partial charge in [0.15, 0.2) is 0 Å². The maximum Gasteiger partial charge on any atom is 0.226 e. The van der Waals surface area contributed by atoms with E-state index in [1.807, 2.05) is 17.5 Å². The lowest BCUT2D eigenvalue weighted by atomic mass is 9.84. The molecule has 4 unspecified atom stereocenters. The molecule has 2 fully saturated rings. The third kappa shape index (κ3) is 3.22. The lowest BCUT2D eigenvalue weighted by molar-refractivity contribution is -0.121. The molecule has 2 aliphatic rings. The normalized spacial score (nSPS) is 26.5. The monoisotopic (exact) mass is 341 g/mol. The van der Waals surface area contributed by atoms with E-state index in [2.05, 4.69) is 22.2 Å². The molecule has 0 spiro atoms. The summed E-state index contributed by atoms with van der Waals surface area (Å²) in [6.07, 6.45) is 9.34. The Balaban J connectivity index is 1.34. The van der Waals surface area contributed by atoms with Crippen molar-refractivity contribution in [2.45, 2.75) is 45.1 Å². The quantitative estimate of drug-likeness (QED) is 0.902. The van der Waals surface area contributed by atoms with E-state index in [4.69, 9.17) is 0 Å². The second-order valence-electron chi connectivity index (χ2n) is 7.25. The van der Waals surface area contributed by atoms with Crippen LogP contribution in [-0.2, 0) is 11.2 Å². The van der Waals surface area contributed by atoms with E-state index in [1.54, 1.807) is 23.7 Å². The van der Waals surface area contributed by atoms with Gasteiger partial charge in [-0.2, -0.15) is 0 Å². The number of amides is 1. The van der Waals surface area contributed by atoms with Gasteiger partial charge < -0.3 is 5.32 Å². The molecule has 0 aliphatic heterocycles. The minimum atomic E-state index is 0.0943. The summed E-state index contributed by atoms with van der Waals surface area (Å²) in [5, 5.41) is 6.15. The van der Waals surface area contributed by atoms with Gasteiger partial charge in [0.25, 0.3) is 0 Å². The second kappa shape index (κ2) is 6.63. The largest absolute Gasteiger partial charge is 0.353 e. The van der Waals surface area contributed by atoms with Crippen LogP contribution >= 0.6 is 11.3 Å². The topological polar surface area (TPSA) is 54.9 Å². The van der Waals surface area contributed by atoms with Crippen molar-refractivity contribution in [3.05, 3.63) is 35.6 Å². The highest BCUT2D eigenvalue weighted by molar-refractivity contribution is 7.13. The molecule has 2 aliphatic carbocycles. The fourth-order valence-electron chi connectivity index (χ4n) is 4.50. The van der Waals surface area contributed by atoms with Crippen molar-refractivity contribution in [3.63, 3.8) is 0 Å². The summed E-state index contributed by atoms with van der Waals surface area (Å²) in [6.45, 7) is 2.17. The summed E-state index contributed by atoms with van der Waals surface area (Å²) in [6, 6.07) is 4.17. The van der Waals surface area contributed by atoms with Crippen molar-refractivity contribution in [2.75, 3.05) is 0 Å². The van der Waals surface area contributed by atoms with Crippen LogP contribution in [0.2, 0.25) is 0 Å². The van der Waals surface area contributed by atoms with Crippen LogP contribution in [0.3, 0.4) is 0 Å². The first-order valence-electron chi connectivity index (χ1n) is 8.83. The Morgan fingerprint density at radius 2 is 2.17 bits per heavy atom. The molecule has 4 atom stereocenters. The molecule has 126 valence electrons. The van der Waals surface area contributed by atoms with Gasteiger partial charge in [0.05, 0.1) is 12.1 Å². The van der Waals surface area contributed by atoms with Crippen LogP contribution in [0.1, 0.15) is 38.3 Å². The number of aromatic nitrogens is 2. The fraction of sp³-hybridized carbons (Fsp3) is 0.526. The van der Waals surface area contributed by atoms with Gasteiger partial charge in [-0.3, -0.25) is 9.78 Å². The Morgan fingerprint density at radius 3 is 2.88 bits per heavy atom. The van der Waals surface area contributed by atoms with Crippen molar-refractivity contribution in [1.82, 2.24) is 15.3 Å². The third-order valence-corrected chi connectivity index (χ3v) is 6.58. The average Bonchev–Trinajstić information content (AvgIpc) is 3.32. The molecule has 0 saturated heterocycles. The first kappa shape index (κ1) is 15.8. The van der Waals surface area contributed by atoms with Crippen LogP contribution in [0.5, 0.6) is 0 Å². The highest BCUT2D eigenvalue weighted by Gasteiger charge is 2.42. The zero-order valence-electron chi connectivity index (χ0n) is 13.9. The highest BCUT2D eigenvalue weighted by Crippen LogP contribution is 2.49. The molecule has 2 aromatic rings. The van der Waals surface area contributed by atoms with E-state index < -0.39 is 0 Å². The summed E-state index contributed by atoms with van der Waals surface area (Å²) < 4.78 is 0. The van der Waals surface area contributed by atoms with Gasteiger partial charge in [0.2, 0.25) is 5.91 Å². The number of rotatable bonds is 5. The van der Waals surface area contributed by atoms with Crippen LogP contribution in [0.25, 0.3) is 10.6 Å². The number of nitrogens with zero attached hydrogens (tertiary/aromatic N) is 2. The summed E-state index contributed by atoms with van der Waals surface area (Å²) in [7, 11) is 0. The molecular formula is C19H23N3OS. The first-order chi connectivity index (χ1) is 11.7. The molecule has 1 N–H and O–H groups in total. The molecule has 2 heterocycles. The van der Waals surface area contributed by atoms with Gasteiger partial charge in [0.1, 0.15) is 5.01 Å². The molecular weight excluding hydrogens is 318 g/mol. The van der Waals surface area contributed by atoms with E-state index >= 15 is 0 Å². The Morgan fingerprint density at radius 1 is 1.33 bits per heavy atom. The molecule has 0 radical (unpaired) electrons. The Labute approximate surface area is 146 Å². The van der Waals surface area contributed by atoms with E-state index in [-0.39, 0.29) is 11.9 Å². The minimum Gasteiger partial charge on any atom is -0.353 e. The molecule has 5 heteroatoms. The average molecular weight is 341 g/mol. The van der Waals surface area contributed by atoms with E-state index in [0.717, 1.165) is 28.1 Å².